The van der Waals surface area contributed by atoms with E-state index in [1.807, 2.05) is 52.0 Å². The van der Waals surface area contributed by atoms with Gasteiger partial charge in [0.1, 0.15) is 0 Å². The Kier molecular flexibility index (Phi) is 6.91. The predicted molar refractivity (Wildman–Crippen MR) is 128 cm³/mol. The van der Waals surface area contributed by atoms with Gasteiger partial charge < -0.3 is 10.3 Å². The largest absolute Gasteiger partial charge is 0.348 e. The molecule has 0 aliphatic heterocycles. The minimum absolute atomic E-state index is 0.160. The van der Waals surface area contributed by atoms with Crippen LogP contribution in [-0.2, 0) is 13.0 Å². The first-order valence-corrected chi connectivity index (χ1v) is 10.7. The molecule has 1 heterocycles. The highest BCUT2D eigenvalue weighted by molar-refractivity contribution is 5.99. The average molecular weight is 415 g/mol. The number of rotatable bonds is 6. The Labute approximate surface area is 184 Å². The average Bonchev–Trinajstić information content (AvgIpc) is 2.74. The Morgan fingerprint density at radius 1 is 1.00 bits per heavy atom. The van der Waals surface area contributed by atoms with E-state index in [0.717, 1.165) is 39.9 Å². The highest BCUT2D eigenvalue weighted by Crippen LogP contribution is 2.27. The van der Waals surface area contributed by atoms with Crippen molar-refractivity contribution in [3.05, 3.63) is 98.0 Å². The first-order chi connectivity index (χ1) is 14.8. The van der Waals surface area contributed by atoms with Crippen LogP contribution in [0.5, 0.6) is 0 Å². The molecule has 0 radical (unpaired) electrons. The molecule has 3 aromatic rings. The van der Waals surface area contributed by atoms with Crippen molar-refractivity contribution in [2.24, 2.45) is 0 Å². The van der Waals surface area contributed by atoms with Gasteiger partial charge in [0.15, 0.2) is 0 Å². The number of H-pyrrole nitrogens is 1. The maximum Gasteiger partial charge on any atom is 0.253 e. The van der Waals surface area contributed by atoms with Crippen LogP contribution in [0.1, 0.15) is 57.7 Å². The molecule has 160 valence electrons. The van der Waals surface area contributed by atoms with E-state index in [1.54, 1.807) is 0 Å². The van der Waals surface area contributed by atoms with Crippen LogP contribution in [0.4, 0.5) is 0 Å². The summed E-state index contributed by atoms with van der Waals surface area (Å²) in [6.07, 6.45) is 4.88. The first kappa shape index (κ1) is 22.3. The number of hydrogen-bond acceptors (Lipinski definition) is 2. The van der Waals surface area contributed by atoms with E-state index < -0.39 is 0 Å². The lowest BCUT2D eigenvalue weighted by atomic mass is 9.93. The summed E-state index contributed by atoms with van der Waals surface area (Å²) in [5.41, 5.74) is 7.99. The lowest BCUT2D eigenvalue weighted by Gasteiger charge is -2.14. The molecule has 0 atom stereocenters. The third kappa shape index (κ3) is 5.02. The molecule has 31 heavy (non-hydrogen) atoms. The molecule has 0 spiro atoms. The van der Waals surface area contributed by atoms with Crippen LogP contribution >= 0.6 is 0 Å². The number of carbonyl (C=O) groups excluding carboxylic acids is 1. The Bertz CT molecular complexity index is 1190. The van der Waals surface area contributed by atoms with Crippen molar-refractivity contribution in [1.29, 1.82) is 0 Å². The summed E-state index contributed by atoms with van der Waals surface area (Å²) < 4.78 is 0. The number of pyridine rings is 1. The molecule has 0 bridgehead atoms. The number of aromatic amines is 1. The summed E-state index contributed by atoms with van der Waals surface area (Å²) >= 11 is 0. The van der Waals surface area contributed by atoms with E-state index in [4.69, 9.17) is 0 Å². The third-order valence-corrected chi connectivity index (χ3v) is 5.58. The number of amides is 1. The van der Waals surface area contributed by atoms with E-state index in [9.17, 15) is 9.59 Å². The van der Waals surface area contributed by atoms with Crippen LogP contribution in [0.25, 0.3) is 17.2 Å². The highest BCUT2D eigenvalue weighted by Gasteiger charge is 2.15. The van der Waals surface area contributed by atoms with Gasteiger partial charge in [-0.2, -0.15) is 0 Å². The van der Waals surface area contributed by atoms with Crippen molar-refractivity contribution >= 4 is 12.0 Å². The molecular weight excluding hydrogens is 384 g/mol. The standard InChI is InChI=1S/C27H30N2O2/c1-6-8-23-18(4)14-22(21-11-9-20(7-2)10-12-21)15-24(23)26(30)28-16-25-17(3)13-19(5)29-27(25)31/h6,8-15H,7,16H2,1-5H3,(H,28,30)(H,29,31)/b8-6-. The van der Waals surface area contributed by atoms with Gasteiger partial charge in [0.25, 0.3) is 11.5 Å². The quantitative estimate of drug-likeness (QED) is 0.560. The van der Waals surface area contributed by atoms with Gasteiger partial charge in [-0.05, 0) is 79.6 Å². The topological polar surface area (TPSA) is 62.0 Å². The first-order valence-electron chi connectivity index (χ1n) is 10.7. The second kappa shape index (κ2) is 9.61. The predicted octanol–water partition coefficient (Wildman–Crippen LogP) is 5.49. The van der Waals surface area contributed by atoms with Gasteiger partial charge in [-0.15, -0.1) is 0 Å². The van der Waals surface area contributed by atoms with Crippen molar-refractivity contribution in [2.75, 3.05) is 0 Å². The van der Waals surface area contributed by atoms with Crippen LogP contribution < -0.4 is 10.9 Å². The summed E-state index contributed by atoms with van der Waals surface area (Å²) in [4.78, 5) is 28.3. The molecule has 4 nitrogen and oxygen atoms in total. The number of nitrogens with one attached hydrogen (secondary N) is 2. The van der Waals surface area contributed by atoms with Crippen molar-refractivity contribution in [2.45, 2.75) is 47.6 Å². The number of carbonyl (C=O) groups is 1. The van der Waals surface area contributed by atoms with Crippen LogP contribution in [0, 0.1) is 20.8 Å². The molecule has 2 aromatic carbocycles. The summed E-state index contributed by atoms with van der Waals surface area (Å²) in [6.45, 7) is 10.0. The van der Waals surface area contributed by atoms with E-state index in [0.29, 0.717) is 11.1 Å². The molecule has 0 aliphatic rings. The van der Waals surface area contributed by atoms with Gasteiger partial charge in [-0.1, -0.05) is 49.4 Å². The van der Waals surface area contributed by atoms with E-state index in [2.05, 4.69) is 47.6 Å². The molecule has 0 fully saturated rings. The third-order valence-electron chi connectivity index (χ3n) is 5.58. The van der Waals surface area contributed by atoms with Crippen LogP contribution in [0.2, 0.25) is 0 Å². The van der Waals surface area contributed by atoms with Gasteiger partial charge in [0.05, 0.1) is 0 Å². The molecule has 2 N–H and O–H groups in total. The minimum atomic E-state index is -0.192. The fourth-order valence-corrected chi connectivity index (χ4v) is 3.84. The zero-order chi connectivity index (χ0) is 22.5. The van der Waals surface area contributed by atoms with E-state index >= 15 is 0 Å². The van der Waals surface area contributed by atoms with Crippen molar-refractivity contribution in [3.8, 4) is 11.1 Å². The molecule has 0 unspecified atom stereocenters. The Balaban J connectivity index is 1.96. The Morgan fingerprint density at radius 2 is 1.71 bits per heavy atom. The van der Waals surface area contributed by atoms with Crippen molar-refractivity contribution in [3.63, 3.8) is 0 Å². The fraction of sp³-hybridized carbons (Fsp3) is 0.259. The summed E-state index contributed by atoms with van der Waals surface area (Å²) in [5.74, 6) is -0.192. The van der Waals surface area contributed by atoms with Gasteiger partial charge >= 0.3 is 0 Å². The van der Waals surface area contributed by atoms with Crippen molar-refractivity contribution in [1.82, 2.24) is 10.3 Å². The molecule has 1 amide bonds. The number of aryl methyl sites for hydroxylation is 4. The molecule has 1 aromatic heterocycles. The molecule has 0 saturated heterocycles. The normalized spacial score (nSPS) is 11.1. The van der Waals surface area contributed by atoms with Gasteiger partial charge in [-0.25, -0.2) is 0 Å². The molecule has 0 aliphatic carbocycles. The fourth-order valence-electron chi connectivity index (χ4n) is 3.84. The van der Waals surface area contributed by atoms with Crippen molar-refractivity contribution < 1.29 is 4.79 Å². The number of allylic oxidation sites excluding steroid dienone is 1. The lowest BCUT2D eigenvalue weighted by Crippen LogP contribution is -2.28. The monoisotopic (exact) mass is 414 g/mol. The molecular formula is C27H30N2O2. The van der Waals surface area contributed by atoms with Gasteiger partial charge in [0, 0.05) is 23.4 Å². The summed E-state index contributed by atoms with van der Waals surface area (Å²) in [7, 11) is 0. The summed E-state index contributed by atoms with van der Waals surface area (Å²) in [6, 6.07) is 14.4. The zero-order valence-corrected chi connectivity index (χ0v) is 18.9. The molecule has 4 heteroatoms. The zero-order valence-electron chi connectivity index (χ0n) is 18.9. The van der Waals surface area contributed by atoms with Crippen LogP contribution in [-0.4, -0.2) is 10.9 Å². The van der Waals surface area contributed by atoms with Gasteiger partial charge in [-0.3, -0.25) is 9.59 Å². The maximum absolute atomic E-state index is 13.2. The highest BCUT2D eigenvalue weighted by atomic mass is 16.1. The number of benzene rings is 2. The SMILES string of the molecule is C/C=C\c1c(C)cc(-c2ccc(CC)cc2)cc1C(=O)NCc1c(C)cc(C)[nH]c1=O. The maximum atomic E-state index is 13.2. The number of hydrogen-bond donors (Lipinski definition) is 2. The van der Waals surface area contributed by atoms with E-state index in [1.165, 1.54) is 5.56 Å². The Morgan fingerprint density at radius 3 is 2.32 bits per heavy atom. The molecule has 3 rings (SSSR count). The second-order valence-electron chi connectivity index (χ2n) is 7.93. The van der Waals surface area contributed by atoms with Gasteiger partial charge in [0.2, 0.25) is 0 Å². The Hall–Kier alpha value is -3.40. The van der Waals surface area contributed by atoms with Crippen LogP contribution in [0.3, 0.4) is 0 Å². The lowest BCUT2D eigenvalue weighted by molar-refractivity contribution is 0.0950. The van der Waals surface area contributed by atoms with E-state index in [-0.39, 0.29) is 18.0 Å². The smallest absolute Gasteiger partial charge is 0.253 e. The summed E-state index contributed by atoms with van der Waals surface area (Å²) in [5, 5.41) is 2.95. The molecule has 0 saturated carbocycles. The minimum Gasteiger partial charge on any atom is -0.348 e. The second-order valence-corrected chi connectivity index (χ2v) is 7.93. The number of aromatic nitrogens is 1. The van der Waals surface area contributed by atoms with Crippen LogP contribution in [0.15, 0.2) is 53.3 Å².